The lowest BCUT2D eigenvalue weighted by Gasteiger charge is -2.32. The van der Waals surface area contributed by atoms with Gasteiger partial charge in [-0.15, -0.1) is 0 Å². The Hall–Kier alpha value is -2.74. The molecule has 2 aromatic heterocycles. The molecule has 0 radical (unpaired) electrons. The average molecular weight is 356 g/mol. The van der Waals surface area contributed by atoms with Crippen LogP contribution in [0.5, 0.6) is 0 Å². The maximum absolute atomic E-state index is 13.0. The first-order valence-corrected chi connectivity index (χ1v) is 8.81. The quantitative estimate of drug-likeness (QED) is 0.765. The second-order valence-electron chi connectivity index (χ2n) is 6.50. The zero-order chi connectivity index (χ0) is 18.1. The fourth-order valence-electron chi connectivity index (χ4n) is 3.59. The van der Waals surface area contributed by atoms with Gasteiger partial charge in [-0.25, -0.2) is 4.98 Å². The molecular weight excluding hydrogens is 336 g/mol. The summed E-state index contributed by atoms with van der Waals surface area (Å²) in [4.78, 5) is 45.9. The van der Waals surface area contributed by atoms with Crippen LogP contribution in [0.3, 0.4) is 0 Å². The third kappa shape index (κ3) is 2.86. The number of morpholine rings is 1. The lowest BCUT2D eigenvalue weighted by atomic mass is 10.1. The molecule has 8 heteroatoms. The van der Waals surface area contributed by atoms with Crippen molar-refractivity contribution in [3.8, 4) is 0 Å². The monoisotopic (exact) mass is 356 g/mol. The Morgan fingerprint density at radius 2 is 1.96 bits per heavy atom. The van der Waals surface area contributed by atoms with Gasteiger partial charge in [0.15, 0.2) is 0 Å². The summed E-state index contributed by atoms with van der Waals surface area (Å²) in [5, 5.41) is 0. The van der Waals surface area contributed by atoms with E-state index in [4.69, 9.17) is 4.74 Å². The highest BCUT2D eigenvalue weighted by atomic mass is 16.5. The predicted molar refractivity (Wildman–Crippen MR) is 92.9 cm³/mol. The zero-order valence-electron chi connectivity index (χ0n) is 14.3. The van der Waals surface area contributed by atoms with E-state index in [-0.39, 0.29) is 11.5 Å². The van der Waals surface area contributed by atoms with Gasteiger partial charge in [0.05, 0.1) is 13.2 Å². The molecule has 4 rings (SSSR count). The lowest BCUT2D eigenvalue weighted by Crippen LogP contribution is -2.51. The zero-order valence-corrected chi connectivity index (χ0v) is 14.3. The summed E-state index contributed by atoms with van der Waals surface area (Å²) >= 11 is 0. The Morgan fingerprint density at radius 3 is 2.77 bits per heavy atom. The van der Waals surface area contributed by atoms with Crippen LogP contribution in [0.15, 0.2) is 35.4 Å². The van der Waals surface area contributed by atoms with Crippen molar-refractivity contribution >= 4 is 17.5 Å². The van der Waals surface area contributed by atoms with Crippen LogP contribution in [0.2, 0.25) is 0 Å². The fraction of sp³-hybridized carbons (Fsp3) is 0.444. The number of fused-ring (bicyclic) bond motifs is 1. The van der Waals surface area contributed by atoms with E-state index in [9.17, 15) is 14.4 Å². The van der Waals surface area contributed by atoms with Gasteiger partial charge >= 0.3 is 0 Å². The summed E-state index contributed by atoms with van der Waals surface area (Å²) < 4.78 is 6.64. The van der Waals surface area contributed by atoms with E-state index in [0.29, 0.717) is 44.9 Å². The minimum absolute atomic E-state index is 0.00428. The van der Waals surface area contributed by atoms with Gasteiger partial charge in [0, 0.05) is 32.0 Å². The first-order chi connectivity index (χ1) is 12.7. The number of rotatable bonds is 2. The van der Waals surface area contributed by atoms with Crippen LogP contribution >= 0.6 is 0 Å². The maximum atomic E-state index is 13.0. The third-order valence-electron chi connectivity index (χ3n) is 4.97. The van der Waals surface area contributed by atoms with E-state index in [0.717, 1.165) is 6.42 Å². The number of carbonyl (C=O) groups excluding carboxylic acids is 2. The molecule has 4 heterocycles. The molecular formula is C18H20N4O4. The van der Waals surface area contributed by atoms with Crippen LogP contribution in [0, 0.1) is 0 Å². The first kappa shape index (κ1) is 16.7. The van der Waals surface area contributed by atoms with Crippen molar-refractivity contribution in [2.75, 3.05) is 32.8 Å². The van der Waals surface area contributed by atoms with E-state index in [1.165, 1.54) is 15.5 Å². The number of pyridine rings is 1. The molecule has 0 spiro atoms. The maximum Gasteiger partial charge on any atom is 0.270 e. The lowest BCUT2D eigenvalue weighted by molar-refractivity contribution is -0.139. The first-order valence-electron chi connectivity index (χ1n) is 8.81. The Kier molecular flexibility index (Phi) is 4.42. The van der Waals surface area contributed by atoms with Gasteiger partial charge in [0.2, 0.25) is 5.91 Å². The molecule has 2 aromatic rings. The molecule has 2 amide bonds. The topological polar surface area (TPSA) is 84.2 Å². The molecule has 0 bridgehead atoms. The van der Waals surface area contributed by atoms with Crippen LogP contribution in [0.25, 0.3) is 5.65 Å². The van der Waals surface area contributed by atoms with E-state index in [1.807, 2.05) is 0 Å². The number of nitrogens with zero attached hydrogens (tertiary/aromatic N) is 4. The van der Waals surface area contributed by atoms with E-state index in [1.54, 1.807) is 29.3 Å². The highest BCUT2D eigenvalue weighted by Crippen LogP contribution is 2.21. The number of likely N-dealkylation sites (tertiary alicyclic amines) is 1. The standard InChI is InChI=1S/C18H20N4O4/c23-16(13-12-19-15-5-1-2-6-22(15)17(13)24)21-7-3-4-14(21)18(25)20-8-10-26-11-9-20/h1-2,5-6,12,14H,3-4,7-11H2/t14-/m0/s1. The number of amides is 2. The van der Waals surface area contributed by atoms with E-state index >= 15 is 0 Å². The van der Waals surface area contributed by atoms with Gasteiger partial charge in [0.25, 0.3) is 11.5 Å². The van der Waals surface area contributed by atoms with Gasteiger partial charge in [-0.05, 0) is 25.0 Å². The molecule has 0 saturated carbocycles. The van der Waals surface area contributed by atoms with Crippen molar-refractivity contribution < 1.29 is 14.3 Å². The van der Waals surface area contributed by atoms with Crippen molar-refractivity contribution in [3.63, 3.8) is 0 Å². The van der Waals surface area contributed by atoms with Crippen LogP contribution in [-0.4, -0.2) is 69.9 Å². The van der Waals surface area contributed by atoms with Crippen molar-refractivity contribution in [2.45, 2.75) is 18.9 Å². The second kappa shape index (κ2) is 6.87. The summed E-state index contributed by atoms with van der Waals surface area (Å²) in [5.41, 5.74) is 0.0665. The molecule has 26 heavy (non-hydrogen) atoms. The molecule has 136 valence electrons. The summed E-state index contributed by atoms with van der Waals surface area (Å²) in [6, 6.07) is 4.68. The number of aromatic nitrogens is 2. The molecule has 2 aliphatic heterocycles. The number of hydrogen-bond acceptors (Lipinski definition) is 5. The molecule has 2 fully saturated rings. The third-order valence-corrected chi connectivity index (χ3v) is 4.97. The van der Waals surface area contributed by atoms with Crippen molar-refractivity contribution in [1.29, 1.82) is 0 Å². The average Bonchev–Trinajstić information content (AvgIpc) is 3.18. The Balaban J connectivity index is 1.62. The van der Waals surface area contributed by atoms with Gasteiger partial charge in [0.1, 0.15) is 17.3 Å². The molecule has 0 unspecified atom stereocenters. The van der Waals surface area contributed by atoms with Crippen LogP contribution in [-0.2, 0) is 9.53 Å². The second-order valence-corrected chi connectivity index (χ2v) is 6.50. The van der Waals surface area contributed by atoms with Gasteiger partial charge in [-0.3, -0.25) is 18.8 Å². The van der Waals surface area contributed by atoms with Gasteiger partial charge in [-0.2, -0.15) is 0 Å². The van der Waals surface area contributed by atoms with E-state index in [2.05, 4.69) is 4.98 Å². The smallest absolute Gasteiger partial charge is 0.270 e. The SMILES string of the molecule is O=C([C@@H]1CCCN1C(=O)c1cnc2ccccn2c1=O)N1CCOCC1. The highest BCUT2D eigenvalue weighted by Gasteiger charge is 2.38. The summed E-state index contributed by atoms with van der Waals surface area (Å²) in [7, 11) is 0. The van der Waals surface area contributed by atoms with Crippen molar-refractivity contribution in [1.82, 2.24) is 19.2 Å². The normalized spacial score (nSPS) is 20.5. The number of carbonyl (C=O) groups is 2. The Morgan fingerprint density at radius 1 is 1.15 bits per heavy atom. The molecule has 0 N–H and O–H groups in total. The predicted octanol–water partition coefficient (Wildman–Crippen LogP) is 0.158. The minimum Gasteiger partial charge on any atom is -0.378 e. The Bertz CT molecular complexity index is 903. The van der Waals surface area contributed by atoms with Gasteiger partial charge in [-0.1, -0.05) is 6.07 Å². The summed E-state index contributed by atoms with van der Waals surface area (Å²) in [5.74, 6) is -0.488. The summed E-state index contributed by atoms with van der Waals surface area (Å²) in [6.07, 6.45) is 4.26. The molecule has 2 aliphatic rings. The number of ether oxygens (including phenoxy) is 1. The Labute approximate surface area is 150 Å². The fourth-order valence-corrected chi connectivity index (χ4v) is 3.59. The van der Waals surface area contributed by atoms with Crippen LogP contribution < -0.4 is 5.56 Å². The molecule has 2 saturated heterocycles. The highest BCUT2D eigenvalue weighted by molar-refractivity contribution is 5.97. The summed E-state index contributed by atoms with van der Waals surface area (Å²) in [6.45, 7) is 2.58. The van der Waals surface area contributed by atoms with Crippen molar-refractivity contribution in [2.24, 2.45) is 0 Å². The molecule has 0 aromatic carbocycles. The van der Waals surface area contributed by atoms with Gasteiger partial charge < -0.3 is 14.5 Å². The number of hydrogen-bond donors (Lipinski definition) is 0. The largest absolute Gasteiger partial charge is 0.378 e. The van der Waals surface area contributed by atoms with Crippen LogP contribution in [0.4, 0.5) is 0 Å². The molecule has 8 nitrogen and oxygen atoms in total. The van der Waals surface area contributed by atoms with E-state index < -0.39 is 17.5 Å². The van der Waals surface area contributed by atoms with Crippen molar-refractivity contribution in [3.05, 3.63) is 46.5 Å². The minimum atomic E-state index is -0.517. The van der Waals surface area contributed by atoms with Crippen LogP contribution in [0.1, 0.15) is 23.2 Å². The molecule has 0 aliphatic carbocycles. The molecule has 1 atom stereocenters.